The van der Waals surface area contributed by atoms with Crippen LogP contribution in [0, 0.1) is 0 Å². The van der Waals surface area contributed by atoms with Gasteiger partial charge in [-0.2, -0.15) is 0 Å². The summed E-state index contributed by atoms with van der Waals surface area (Å²) in [5.41, 5.74) is 16.3. The maximum atomic E-state index is 5.59. The van der Waals surface area contributed by atoms with Crippen molar-refractivity contribution in [2.75, 3.05) is 0 Å². The molecule has 338 valence electrons. The van der Waals surface area contributed by atoms with Gasteiger partial charge in [0.25, 0.3) is 0 Å². The van der Waals surface area contributed by atoms with Crippen LogP contribution in [0.1, 0.15) is 0 Å². The van der Waals surface area contributed by atoms with Gasteiger partial charge in [0, 0.05) is 37.3 Å². The van der Waals surface area contributed by atoms with Crippen molar-refractivity contribution in [3.8, 4) is 50.3 Å². The predicted molar refractivity (Wildman–Crippen MR) is 312 cm³/mol. The third kappa shape index (κ3) is 6.15. The summed E-state index contributed by atoms with van der Waals surface area (Å²) in [5.74, 6) is 0. The zero-order chi connectivity index (χ0) is 47.7. The highest BCUT2D eigenvalue weighted by molar-refractivity contribution is 7.26. The lowest BCUT2D eigenvalue weighted by atomic mass is 9.91. The topological polar surface area (TPSA) is 22.2 Å². The summed E-state index contributed by atoms with van der Waals surface area (Å²) in [5, 5.41) is 14.8. The molecule has 0 bridgehead atoms. The van der Waals surface area contributed by atoms with E-state index in [1.54, 1.807) is 0 Å². The average Bonchev–Trinajstić information content (AvgIpc) is 4.13. The maximum Gasteiger partial charge on any atom is 0.156 e. The number of thiophene rings is 1. The van der Waals surface area contributed by atoms with E-state index in [1.807, 2.05) is 11.3 Å². The van der Waals surface area contributed by atoms with Crippen LogP contribution in [0.25, 0.3) is 152 Å². The number of fused-ring (bicyclic) bond motifs is 15. The molecule has 0 aliphatic carbocycles. The molecule has 0 saturated carbocycles. The van der Waals surface area contributed by atoms with Crippen LogP contribution in [-0.2, 0) is 0 Å². The first-order valence-electron chi connectivity index (χ1n) is 25.0. The largest absolute Gasteiger partial charge is 0.309 e. The van der Waals surface area contributed by atoms with Gasteiger partial charge in [0.2, 0.25) is 0 Å². The van der Waals surface area contributed by atoms with Gasteiger partial charge >= 0.3 is 0 Å². The Bertz CT molecular complexity index is 4940. The second-order valence-corrected chi connectivity index (χ2v) is 20.5. The molecule has 4 heteroatoms. The van der Waals surface area contributed by atoms with E-state index in [0.29, 0.717) is 0 Å². The summed E-state index contributed by atoms with van der Waals surface area (Å²) in [6, 6.07) is 91.7. The molecule has 3 nitrogen and oxygen atoms in total. The van der Waals surface area contributed by atoms with E-state index in [0.717, 1.165) is 27.9 Å². The lowest BCUT2D eigenvalue weighted by molar-refractivity contribution is 1.18. The molecule has 0 radical (unpaired) electrons. The van der Waals surface area contributed by atoms with Crippen LogP contribution in [0.3, 0.4) is 0 Å². The summed E-state index contributed by atoms with van der Waals surface area (Å²) < 4.78 is 7.27. The number of para-hydroxylation sites is 2. The number of nitrogens with zero attached hydrogens (tertiary/aromatic N) is 3. The minimum absolute atomic E-state index is 1.00. The van der Waals surface area contributed by atoms with Gasteiger partial charge in [0.05, 0.1) is 32.5 Å². The quantitative estimate of drug-likeness (QED) is 0.158. The molecule has 12 aromatic carbocycles. The number of imidazole rings is 1. The third-order valence-electron chi connectivity index (χ3n) is 15.5. The second-order valence-electron chi connectivity index (χ2n) is 19.5. The molecular weight excluding hydrogens is 903 g/mol. The zero-order valence-corrected chi connectivity index (χ0v) is 40.2. The molecule has 0 saturated heterocycles. The minimum Gasteiger partial charge on any atom is -0.309 e. The van der Waals surface area contributed by atoms with Crippen molar-refractivity contribution < 1.29 is 0 Å². The molecule has 0 aliphatic heterocycles. The number of pyridine rings is 1. The molecule has 0 fully saturated rings. The fourth-order valence-electron chi connectivity index (χ4n) is 11.9. The molecular formula is C69H41N3S. The van der Waals surface area contributed by atoms with Gasteiger partial charge in [-0.05, 0) is 143 Å². The summed E-state index contributed by atoms with van der Waals surface area (Å²) in [7, 11) is 0. The van der Waals surface area contributed by atoms with E-state index in [-0.39, 0.29) is 0 Å². The number of rotatable bonds is 5. The Morgan fingerprint density at radius 1 is 0.315 bits per heavy atom. The Morgan fingerprint density at radius 3 is 1.58 bits per heavy atom. The van der Waals surface area contributed by atoms with E-state index in [4.69, 9.17) is 4.98 Å². The van der Waals surface area contributed by atoms with E-state index in [9.17, 15) is 0 Å². The summed E-state index contributed by atoms with van der Waals surface area (Å²) in [4.78, 5) is 5.59. The van der Waals surface area contributed by atoms with Gasteiger partial charge in [-0.3, -0.25) is 4.40 Å². The van der Waals surface area contributed by atoms with Crippen LogP contribution in [0.5, 0.6) is 0 Å². The highest BCUT2D eigenvalue weighted by Gasteiger charge is 2.21. The van der Waals surface area contributed by atoms with Crippen LogP contribution < -0.4 is 0 Å². The molecule has 0 N–H and O–H groups in total. The van der Waals surface area contributed by atoms with Gasteiger partial charge in [-0.25, -0.2) is 4.98 Å². The fraction of sp³-hybridized carbons (Fsp3) is 0. The monoisotopic (exact) mass is 943 g/mol. The number of benzene rings is 12. The van der Waals surface area contributed by atoms with E-state index >= 15 is 0 Å². The molecule has 73 heavy (non-hydrogen) atoms. The van der Waals surface area contributed by atoms with Gasteiger partial charge in [0.15, 0.2) is 5.65 Å². The van der Waals surface area contributed by atoms with E-state index < -0.39 is 0 Å². The van der Waals surface area contributed by atoms with Crippen LogP contribution in [0.2, 0.25) is 0 Å². The van der Waals surface area contributed by atoms with Crippen LogP contribution in [-0.4, -0.2) is 14.0 Å². The fourth-order valence-corrected chi connectivity index (χ4v) is 13.1. The molecule has 0 amide bonds. The van der Waals surface area contributed by atoms with E-state index in [1.165, 1.54) is 124 Å². The molecule has 0 spiro atoms. The smallest absolute Gasteiger partial charge is 0.156 e. The lowest BCUT2D eigenvalue weighted by Gasteiger charge is -2.14. The summed E-state index contributed by atoms with van der Waals surface area (Å²) in [6.07, 6.45) is 0. The van der Waals surface area contributed by atoms with Gasteiger partial charge < -0.3 is 4.57 Å². The van der Waals surface area contributed by atoms with Crippen LogP contribution in [0.4, 0.5) is 0 Å². The summed E-state index contributed by atoms with van der Waals surface area (Å²) >= 11 is 1.85. The number of aromatic nitrogens is 3. The first kappa shape index (κ1) is 40.4. The summed E-state index contributed by atoms with van der Waals surface area (Å²) in [6.45, 7) is 0. The van der Waals surface area contributed by atoms with Crippen molar-refractivity contribution >= 4 is 113 Å². The Hall–Kier alpha value is -9.35. The normalized spacial score (nSPS) is 12.1. The number of hydrogen-bond donors (Lipinski definition) is 0. The standard InChI is InChI=1S/C69H41N3S/c1-2-16-52(17-3-1)71-62-21-11-10-20-57(62)59-38-50(30-34-63(59)71)42-22-24-43(25-23-42)53-32-33-54(56-19-9-8-18-55(53)56)44-26-28-45(29-27-44)65-41-61-60-39-48-14-6-7-15-49(48)40-66(60)73-68(61)69-70-67-58-37-47-13-5-4-12-46(47)36-51(58)31-35-64(67)72(65)69/h1-41H. The van der Waals surface area contributed by atoms with Crippen molar-refractivity contribution in [1.29, 1.82) is 0 Å². The average molecular weight is 944 g/mol. The highest BCUT2D eigenvalue weighted by Crippen LogP contribution is 2.44. The molecule has 16 aromatic rings. The van der Waals surface area contributed by atoms with E-state index in [2.05, 4.69) is 258 Å². The molecule has 4 aromatic heterocycles. The van der Waals surface area contributed by atoms with Gasteiger partial charge in [-0.1, -0.05) is 182 Å². The zero-order valence-electron chi connectivity index (χ0n) is 39.4. The Labute approximate surface area is 423 Å². The SMILES string of the molecule is c1ccc(-n2c3ccccc3c3cc(-c4ccc(-c5ccc(-c6ccc(-c7cc8c9cc%10ccccc%10cc9sc8c8nc9c%10cc%11ccccc%11cc%10ccc9n78)cc6)c6ccccc56)cc4)ccc32)cc1. The molecule has 4 heterocycles. The Morgan fingerprint density at radius 2 is 0.863 bits per heavy atom. The van der Waals surface area contributed by atoms with Crippen molar-refractivity contribution in [2.24, 2.45) is 0 Å². The van der Waals surface area contributed by atoms with Crippen molar-refractivity contribution in [3.63, 3.8) is 0 Å². The highest BCUT2D eigenvalue weighted by atomic mass is 32.1. The van der Waals surface area contributed by atoms with Crippen molar-refractivity contribution in [1.82, 2.24) is 14.0 Å². The van der Waals surface area contributed by atoms with Gasteiger partial charge in [0.1, 0.15) is 0 Å². The number of hydrogen-bond acceptors (Lipinski definition) is 2. The molecule has 0 aliphatic rings. The molecule has 0 atom stereocenters. The van der Waals surface area contributed by atoms with Crippen LogP contribution in [0.15, 0.2) is 249 Å². The second kappa shape index (κ2) is 15.6. The Balaban J connectivity index is 0.794. The Kier molecular flexibility index (Phi) is 8.62. The van der Waals surface area contributed by atoms with Crippen molar-refractivity contribution in [2.45, 2.75) is 0 Å². The van der Waals surface area contributed by atoms with Crippen molar-refractivity contribution in [3.05, 3.63) is 249 Å². The lowest BCUT2D eigenvalue weighted by Crippen LogP contribution is -1.93. The molecule has 0 unspecified atom stereocenters. The van der Waals surface area contributed by atoms with Crippen LogP contribution >= 0.6 is 11.3 Å². The maximum absolute atomic E-state index is 5.59. The van der Waals surface area contributed by atoms with Gasteiger partial charge in [-0.15, -0.1) is 11.3 Å². The first-order chi connectivity index (χ1) is 36.2. The molecule has 16 rings (SSSR count). The predicted octanol–water partition coefficient (Wildman–Crippen LogP) is 19.2. The third-order valence-corrected chi connectivity index (χ3v) is 16.6. The minimum atomic E-state index is 1.00. The first-order valence-corrected chi connectivity index (χ1v) is 25.8.